The van der Waals surface area contributed by atoms with Gasteiger partial charge in [0.1, 0.15) is 23.7 Å². The van der Waals surface area contributed by atoms with Crippen LogP contribution in [-0.2, 0) is 28.1 Å². The number of ether oxygens (including phenoxy) is 3. The number of carbonyl (C=O) groups is 1. The number of hydrogen-bond donors (Lipinski definition) is 4. The molecule has 0 bridgehead atoms. The lowest BCUT2D eigenvalue weighted by atomic mass is 10.1. The number of H-pyrrole nitrogens is 1. The minimum absolute atomic E-state index is 0.0105. The number of nitrogens with one attached hydrogen (secondary N) is 2. The topological polar surface area (TPSA) is 202 Å². The van der Waals surface area contributed by atoms with Crippen LogP contribution in [0.1, 0.15) is 27.2 Å². The monoisotopic (exact) mass is 552 g/mol. The number of carbonyl (C=O) groups excluding carboxylic acids is 1. The zero-order valence-electron chi connectivity index (χ0n) is 20.9. The summed E-state index contributed by atoms with van der Waals surface area (Å²) >= 11 is 0. The van der Waals surface area contributed by atoms with Crippen molar-refractivity contribution in [2.24, 2.45) is 0 Å². The van der Waals surface area contributed by atoms with E-state index in [1.807, 2.05) is 0 Å². The van der Waals surface area contributed by atoms with Crippen LogP contribution in [0.4, 0.5) is 5.95 Å². The zero-order chi connectivity index (χ0) is 27.5. The molecule has 0 aliphatic carbocycles. The Bertz CT molecular complexity index is 1380. The summed E-state index contributed by atoms with van der Waals surface area (Å²) in [6.07, 6.45) is -0.273. The van der Waals surface area contributed by atoms with Crippen LogP contribution in [0.15, 0.2) is 41.5 Å². The van der Waals surface area contributed by atoms with Crippen molar-refractivity contribution in [3.8, 4) is 5.75 Å². The number of aliphatic hydroxyl groups is 1. The predicted octanol–water partition coefficient (Wildman–Crippen LogP) is 1.07. The van der Waals surface area contributed by atoms with Gasteiger partial charge in [-0.25, -0.2) is 9.55 Å². The normalized spacial score (nSPS) is 21.9. The number of esters is 1. The van der Waals surface area contributed by atoms with E-state index < -0.39 is 50.5 Å². The van der Waals surface area contributed by atoms with Gasteiger partial charge in [0.2, 0.25) is 12.4 Å². The SMILES string of the molecule is CC(C)OC(=O)C(C)NP(=O)(OCC1(CO)COC(n2cnc3c(=O)[nH]c(N)nc32)O1)Oc1ccccc1. The Balaban J connectivity index is 1.52. The van der Waals surface area contributed by atoms with Crippen molar-refractivity contribution in [1.82, 2.24) is 24.6 Å². The van der Waals surface area contributed by atoms with Gasteiger partial charge in [0.15, 0.2) is 11.2 Å². The van der Waals surface area contributed by atoms with Gasteiger partial charge >= 0.3 is 13.7 Å². The quantitative estimate of drug-likeness (QED) is 0.194. The minimum atomic E-state index is -4.23. The summed E-state index contributed by atoms with van der Waals surface area (Å²) in [5.74, 6) is -0.577. The number of hydrogen-bond acceptors (Lipinski definition) is 12. The van der Waals surface area contributed by atoms with Crippen LogP contribution in [0.5, 0.6) is 5.75 Å². The minimum Gasteiger partial charge on any atom is -0.462 e. The zero-order valence-corrected chi connectivity index (χ0v) is 21.8. The number of nitrogens with two attached hydrogens (primary N) is 1. The molecule has 1 aromatic carbocycles. The van der Waals surface area contributed by atoms with Gasteiger partial charge in [0.25, 0.3) is 5.56 Å². The van der Waals surface area contributed by atoms with Crippen LogP contribution >= 0.6 is 7.75 Å². The van der Waals surface area contributed by atoms with Crippen LogP contribution in [-0.4, -0.2) is 68.2 Å². The molecule has 206 valence electrons. The summed E-state index contributed by atoms with van der Waals surface area (Å²) < 4.78 is 43.1. The van der Waals surface area contributed by atoms with Gasteiger partial charge in [-0.15, -0.1) is 0 Å². The molecule has 3 aromatic rings. The van der Waals surface area contributed by atoms with E-state index >= 15 is 0 Å². The molecule has 15 nitrogen and oxygen atoms in total. The Morgan fingerprint density at radius 3 is 2.79 bits per heavy atom. The Kier molecular flexibility index (Phi) is 8.16. The molecule has 5 N–H and O–H groups in total. The number of benzene rings is 1. The number of nitrogens with zero attached hydrogens (tertiary/aromatic N) is 3. The van der Waals surface area contributed by atoms with Crippen molar-refractivity contribution in [2.45, 2.75) is 44.9 Å². The molecular formula is C22H29N6O9P. The Morgan fingerprint density at radius 2 is 2.11 bits per heavy atom. The van der Waals surface area contributed by atoms with Crippen molar-refractivity contribution >= 4 is 30.8 Å². The van der Waals surface area contributed by atoms with E-state index in [2.05, 4.69) is 20.0 Å². The summed E-state index contributed by atoms with van der Waals surface area (Å²) in [6, 6.07) is 7.15. The first kappa shape index (κ1) is 27.7. The average Bonchev–Trinajstić information content (AvgIpc) is 3.48. The van der Waals surface area contributed by atoms with E-state index in [0.717, 1.165) is 0 Å². The molecule has 1 aliphatic rings. The third-order valence-corrected chi connectivity index (χ3v) is 6.95. The molecule has 3 heterocycles. The van der Waals surface area contributed by atoms with E-state index in [1.165, 1.54) is 17.8 Å². The molecule has 0 radical (unpaired) electrons. The van der Waals surface area contributed by atoms with Crippen molar-refractivity contribution in [3.63, 3.8) is 0 Å². The number of aliphatic hydroxyl groups excluding tert-OH is 1. The van der Waals surface area contributed by atoms with Gasteiger partial charge in [-0.3, -0.25) is 23.7 Å². The molecule has 1 aliphatic heterocycles. The highest BCUT2D eigenvalue weighted by atomic mass is 31.2. The average molecular weight is 552 g/mol. The second-order valence-electron chi connectivity index (χ2n) is 8.86. The molecule has 0 saturated carbocycles. The predicted molar refractivity (Wildman–Crippen MR) is 133 cm³/mol. The molecule has 0 spiro atoms. The van der Waals surface area contributed by atoms with Gasteiger partial charge in [0, 0.05) is 0 Å². The van der Waals surface area contributed by atoms with Crippen LogP contribution < -0.4 is 20.9 Å². The number of fused-ring (bicyclic) bond motifs is 1. The van der Waals surface area contributed by atoms with E-state index in [4.69, 9.17) is 29.0 Å². The molecule has 0 amide bonds. The number of aromatic amines is 1. The van der Waals surface area contributed by atoms with Crippen molar-refractivity contribution in [2.75, 3.05) is 25.6 Å². The van der Waals surface area contributed by atoms with E-state index in [0.29, 0.717) is 0 Å². The maximum Gasteiger partial charge on any atom is 0.459 e. The number of aromatic nitrogens is 4. The number of imidazole rings is 1. The van der Waals surface area contributed by atoms with Crippen molar-refractivity contribution in [1.29, 1.82) is 0 Å². The van der Waals surface area contributed by atoms with Crippen LogP contribution in [0, 0.1) is 0 Å². The molecular weight excluding hydrogens is 523 g/mol. The third-order valence-electron chi connectivity index (χ3n) is 5.33. The Hall–Kier alpha value is -3.33. The lowest BCUT2D eigenvalue weighted by molar-refractivity contribution is -0.156. The summed E-state index contributed by atoms with van der Waals surface area (Å²) in [5.41, 5.74) is 3.72. The highest BCUT2D eigenvalue weighted by Crippen LogP contribution is 2.46. The van der Waals surface area contributed by atoms with Crippen LogP contribution in [0.3, 0.4) is 0 Å². The first-order valence-corrected chi connectivity index (χ1v) is 13.2. The highest BCUT2D eigenvalue weighted by Gasteiger charge is 2.45. The number of para-hydroxylation sites is 1. The fourth-order valence-corrected chi connectivity index (χ4v) is 5.04. The first-order chi connectivity index (χ1) is 18.0. The second kappa shape index (κ2) is 11.2. The summed E-state index contributed by atoms with van der Waals surface area (Å²) in [5, 5.41) is 12.7. The fraction of sp³-hybridized carbons (Fsp3) is 0.455. The molecule has 38 heavy (non-hydrogen) atoms. The highest BCUT2D eigenvalue weighted by molar-refractivity contribution is 7.52. The van der Waals surface area contributed by atoms with Crippen molar-refractivity contribution in [3.05, 3.63) is 47.0 Å². The molecule has 4 unspecified atom stereocenters. The molecule has 4 rings (SSSR count). The smallest absolute Gasteiger partial charge is 0.459 e. The van der Waals surface area contributed by atoms with Gasteiger partial charge in [0.05, 0.1) is 25.9 Å². The standard InChI is InChI=1S/C22H29N6O9P/c1-13(2)35-19(31)14(3)27-38(32,37-15-7-5-4-6-8-15)34-11-22(9-29)10-33-21(36-22)28-12-24-16-17(28)25-20(23)26-18(16)30/h4-8,12-14,21,29H,9-11H2,1-3H3,(H,27,32)(H3,23,25,26,30). The number of nitrogen functional groups attached to an aromatic ring is 1. The lowest BCUT2D eigenvalue weighted by Crippen LogP contribution is -2.43. The van der Waals surface area contributed by atoms with E-state index in [-0.39, 0.29) is 35.6 Å². The first-order valence-electron chi connectivity index (χ1n) is 11.6. The fourth-order valence-electron chi connectivity index (χ4n) is 3.48. The Morgan fingerprint density at radius 1 is 1.37 bits per heavy atom. The van der Waals surface area contributed by atoms with E-state index in [1.54, 1.807) is 44.2 Å². The van der Waals surface area contributed by atoms with Crippen molar-refractivity contribution < 1.29 is 37.7 Å². The van der Waals surface area contributed by atoms with Gasteiger partial charge in [-0.2, -0.15) is 10.1 Å². The van der Waals surface area contributed by atoms with Gasteiger partial charge < -0.3 is 29.6 Å². The molecule has 2 aromatic heterocycles. The molecule has 1 saturated heterocycles. The maximum atomic E-state index is 13.7. The molecule has 1 fully saturated rings. The summed E-state index contributed by atoms with van der Waals surface area (Å²) in [6.45, 7) is 3.57. The Labute approximate surface area is 216 Å². The van der Waals surface area contributed by atoms with E-state index in [9.17, 15) is 19.3 Å². The summed E-state index contributed by atoms with van der Waals surface area (Å²) in [7, 11) is -4.23. The number of anilines is 1. The summed E-state index contributed by atoms with van der Waals surface area (Å²) in [4.78, 5) is 34.9. The lowest BCUT2D eigenvalue weighted by Gasteiger charge is -2.28. The maximum absolute atomic E-state index is 13.7. The molecule has 4 atom stereocenters. The molecule has 16 heteroatoms. The van der Waals surface area contributed by atoms with Crippen LogP contribution in [0.25, 0.3) is 11.2 Å². The third kappa shape index (κ3) is 6.20. The van der Waals surface area contributed by atoms with Crippen LogP contribution in [0.2, 0.25) is 0 Å². The van der Waals surface area contributed by atoms with Gasteiger partial charge in [-0.1, -0.05) is 18.2 Å². The van der Waals surface area contributed by atoms with Gasteiger partial charge in [-0.05, 0) is 32.9 Å². The second-order valence-corrected chi connectivity index (χ2v) is 10.6. The largest absolute Gasteiger partial charge is 0.462 e. The number of rotatable bonds is 11.